The fraction of sp³-hybridized carbons (Fsp3) is 0.706. The number of carbonyl (C=O) groups is 1. The van der Waals surface area contributed by atoms with Gasteiger partial charge in [0, 0.05) is 30.6 Å². The molecule has 6 heteroatoms. The van der Waals surface area contributed by atoms with Crippen LogP contribution >= 0.6 is 0 Å². The Bertz CT molecular complexity index is 561. The van der Waals surface area contributed by atoms with E-state index in [1.54, 1.807) is 23.6 Å². The summed E-state index contributed by atoms with van der Waals surface area (Å²) < 4.78 is 26.9. The first kappa shape index (κ1) is 17.9. The van der Waals surface area contributed by atoms with Gasteiger partial charge in [0.05, 0.1) is 6.54 Å². The quantitative estimate of drug-likeness (QED) is 0.592. The first-order valence-corrected chi connectivity index (χ1v) is 7.92. The van der Waals surface area contributed by atoms with Crippen LogP contribution in [0, 0.1) is 18.3 Å². The number of rotatable bonds is 3. The Kier molecular flexibility index (Phi) is 4.55. The minimum absolute atomic E-state index is 0.00184. The highest BCUT2D eigenvalue weighted by Gasteiger charge is 2.44. The Labute approximate surface area is 136 Å². The number of likely N-dealkylation sites (tertiary alicyclic amines) is 2. The molecule has 2 heterocycles. The zero-order valence-corrected chi connectivity index (χ0v) is 14.0. The maximum absolute atomic E-state index is 13.4. The van der Waals surface area contributed by atoms with Crippen molar-refractivity contribution < 1.29 is 13.6 Å². The van der Waals surface area contributed by atoms with Crippen LogP contribution in [0.15, 0.2) is 11.6 Å². The van der Waals surface area contributed by atoms with Gasteiger partial charge >= 0.3 is 0 Å². The largest absolute Gasteiger partial charge is 0.333 e. The topological polar surface area (TPSA) is 47.3 Å². The van der Waals surface area contributed by atoms with Crippen LogP contribution in [-0.4, -0.2) is 52.3 Å². The molecule has 0 aromatic heterocycles. The van der Waals surface area contributed by atoms with E-state index in [-0.39, 0.29) is 31.0 Å². The molecule has 0 saturated carbocycles. The normalized spacial score (nSPS) is 24.7. The number of carbonyl (C=O) groups excluding carboxylic acids is 1. The molecular weight excluding hydrogens is 300 g/mol. The van der Waals surface area contributed by atoms with Crippen LogP contribution in [0.2, 0.25) is 0 Å². The first-order chi connectivity index (χ1) is 10.5. The summed E-state index contributed by atoms with van der Waals surface area (Å²) in [4.78, 5) is 15.9. The monoisotopic (exact) mass is 324 g/mol. The molecule has 23 heavy (non-hydrogen) atoms. The van der Waals surface area contributed by atoms with Crippen LogP contribution < -0.4 is 0 Å². The van der Waals surface area contributed by atoms with Gasteiger partial charge < -0.3 is 4.90 Å². The lowest BCUT2D eigenvalue weighted by Gasteiger charge is -2.34. The average Bonchev–Trinajstić information content (AvgIpc) is 2.97. The van der Waals surface area contributed by atoms with Crippen LogP contribution in [0.3, 0.4) is 0 Å². The van der Waals surface area contributed by atoms with Gasteiger partial charge in [-0.2, -0.15) is 5.26 Å². The first-order valence-electron chi connectivity index (χ1n) is 7.92. The van der Waals surface area contributed by atoms with Crippen molar-refractivity contribution in [3.05, 3.63) is 18.6 Å². The van der Waals surface area contributed by atoms with Crippen LogP contribution in [0.5, 0.6) is 0 Å². The van der Waals surface area contributed by atoms with E-state index in [1.807, 2.05) is 13.0 Å². The van der Waals surface area contributed by atoms with Crippen molar-refractivity contribution in [2.24, 2.45) is 0 Å². The zero-order valence-electron chi connectivity index (χ0n) is 14.0. The lowest BCUT2D eigenvalue weighted by Crippen LogP contribution is -2.45. The summed E-state index contributed by atoms with van der Waals surface area (Å²) >= 11 is 0. The molecule has 2 aliphatic heterocycles. The Morgan fingerprint density at radius 1 is 1.35 bits per heavy atom. The number of hydrogen-bond acceptors (Lipinski definition) is 3. The van der Waals surface area contributed by atoms with E-state index in [9.17, 15) is 18.8 Å². The fourth-order valence-corrected chi connectivity index (χ4v) is 3.33. The molecule has 0 aromatic carbocycles. The summed E-state index contributed by atoms with van der Waals surface area (Å²) in [7, 11) is 0. The summed E-state index contributed by atoms with van der Waals surface area (Å²) in [6.45, 7) is 9.90. The molecule has 2 saturated heterocycles. The van der Waals surface area contributed by atoms with Gasteiger partial charge in [0.25, 0.3) is 11.8 Å². The van der Waals surface area contributed by atoms with Crippen LogP contribution in [0.25, 0.3) is 0 Å². The number of hydrogen-bond donors (Lipinski definition) is 0. The lowest BCUT2D eigenvalue weighted by molar-refractivity contribution is -0.129. The molecule has 2 aliphatic rings. The summed E-state index contributed by atoms with van der Waals surface area (Å²) in [6, 6.07) is 1.94. The minimum Gasteiger partial charge on any atom is -0.333 e. The molecule has 1 radical (unpaired) electrons. The number of amides is 1. The van der Waals surface area contributed by atoms with Gasteiger partial charge in [0.1, 0.15) is 11.6 Å². The van der Waals surface area contributed by atoms with Gasteiger partial charge in [-0.25, -0.2) is 8.78 Å². The highest BCUT2D eigenvalue weighted by molar-refractivity contribution is 5.98. The standard InChI is InChI=1S/C17H24F2N3O/c1-15(2)6-5-8-22(15)14(23)13(11-20)10-16(3,4)21-9-7-17(18,19)12-21/h10H,1,5-9,12H2,2-4H3/b13-10+/t15-/m1/s1. The van der Waals surface area contributed by atoms with Gasteiger partial charge in [-0.1, -0.05) is 0 Å². The summed E-state index contributed by atoms with van der Waals surface area (Å²) in [6.07, 6.45) is 2.97. The van der Waals surface area contributed by atoms with Crippen LogP contribution in [0.1, 0.15) is 40.0 Å². The van der Waals surface area contributed by atoms with Gasteiger partial charge in [0.2, 0.25) is 0 Å². The molecule has 2 rings (SSSR count). The van der Waals surface area contributed by atoms with E-state index in [2.05, 4.69) is 6.92 Å². The summed E-state index contributed by atoms with van der Waals surface area (Å²) in [5, 5.41) is 9.38. The van der Waals surface area contributed by atoms with Crippen molar-refractivity contribution in [3.63, 3.8) is 0 Å². The molecule has 1 amide bonds. The van der Waals surface area contributed by atoms with Gasteiger partial charge in [-0.15, -0.1) is 0 Å². The summed E-state index contributed by atoms with van der Waals surface area (Å²) in [5.74, 6) is -3.07. The molecule has 0 N–H and O–H groups in total. The SMILES string of the molecule is [CH2][C@@]1(C)CCCN1C(=O)/C(C#N)=C/C(C)(C)N1CCC(F)(F)C1. The predicted molar refractivity (Wildman–Crippen MR) is 83.6 cm³/mol. The van der Waals surface area contributed by atoms with Crippen molar-refractivity contribution >= 4 is 5.91 Å². The number of nitrogens with zero attached hydrogens (tertiary/aromatic N) is 3. The predicted octanol–water partition coefficient (Wildman–Crippen LogP) is 2.77. The van der Waals surface area contributed by atoms with Gasteiger partial charge in [-0.05, 0) is 46.6 Å². The van der Waals surface area contributed by atoms with Crippen LogP contribution in [-0.2, 0) is 4.79 Å². The Morgan fingerprint density at radius 3 is 2.43 bits per heavy atom. The van der Waals surface area contributed by atoms with Crippen molar-refractivity contribution in [1.82, 2.24) is 9.80 Å². The summed E-state index contributed by atoms with van der Waals surface area (Å²) in [5.41, 5.74) is -1.29. The fourth-order valence-electron chi connectivity index (χ4n) is 3.33. The molecule has 4 nitrogen and oxygen atoms in total. The van der Waals surface area contributed by atoms with E-state index in [1.165, 1.54) is 6.08 Å². The zero-order chi connectivity index (χ0) is 17.5. The van der Waals surface area contributed by atoms with Crippen molar-refractivity contribution in [2.45, 2.75) is 57.0 Å². The van der Waals surface area contributed by atoms with Gasteiger partial charge in [0.15, 0.2) is 0 Å². The van der Waals surface area contributed by atoms with Crippen molar-refractivity contribution in [1.29, 1.82) is 5.26 Å². The molecule has 0 unspecified atom stereocenters. The Morgan fingerprint density at radius 2 is 2.00 bits per heavy atom. The smallest absolute Gasteiger partial charge is 0.264 e. The molecule has 1 atom stereocenters. The molecule has 0 spiro atoms. The molecular formula is C17H24F2N3O. The van der Waals surface area contributed by atoms with Gasteiger partial charge in [-0.3, -0.25) is 9.69 Å². The Hall–Kier alpha value is -1.48. The second-order valence-electron chi connectivity index (χ2n) is 7.41. The van der Waals surface area contributed by atoms with E-state index in [0.717, 1.165) is 12.8 Å². The molecule has 0 aromatic rings. The van der Waals surface area contributed by atoms with Crippen LogP contribution in [0.4, 0.5) is 8.78 Å². The van der Waals surface area contributed by atoms with Crippen molar-refractivity contribution in [3.8, 4) is 6.07 Å². The number of halogens is 2. The third-order valence-corrected chi connectivity index (χ3v) is 4.83. The van der Waals surface area contributed by atoms with E-state index in [0.29, 0.717) is 6.54 Å². The highest BCUT2D eigenvalue weighted by atomic mass is 19.3. The minimum atomic E-state index is -2.71. The third-order valence-electron chi connectivity index (χ3n) is 4.83. The molecule has 2 fully saturated rings. The number of nitriles is 1. The molecule has 127 valence electrons. The van der Waals surface area contributed by atoms with E-state index in [4.69, 9.17) is 0 Å². The van der Waals surface area contributed by atoms with E-state index >= 15 is 0 Å². The molecule has 0 bridgehead atoms. The third kappa shape index (κ3) is 3.72. The maximum Gasteiger partial charge on any atom is 0.264 e. The highest BCUT2D eigenvalue weighted by Crippen LogP contribution is 2.34. The Balaban J connectivity index is 2.21. The maximum atomic E-state index is 13.4. The number of alkyl halides is 2. The second-order valence-corrected chi connectivity index (χ2v) is 7.41. The van der Waals surface area contributed by atoms with Crippen molar-refractivity contribution in [2.75, 3.05) is 19.6 Å². The second kappa shape index (κ2) is 5.86. The molecule has 0 aliphatic carbocycles. The van der Waals surface area contributed by atoms with E-state index < -0.39 is 17.0 Å². The lowest BCUT2D eigenvalue weighted by atomic mass is 9.97. The average molecular weight is 324 g/mol.